The topological polar surface area (TPSA) is 18.5 Å². The van der Waals surface area contributed by atoms with Gasteiger partial charge in [-0.2, -0.15) is 11.3 Å². The van der Waals surface area contributed by atoms with Crippen molar-refractivity contribution in [3.05, 3.63) is 51.9 Å². The van der Waals surface area contributed by atoms with Crippen LogP contribution in [0.5, 0.6) is 11.5 Å². The molecule has 108 valence electrons. The Labute approximate surface area is 130 Å². The van der Waals surface area contributed by atoms with Crippen molar-refractivity contribution in [2.45, 2.75) is 19.6 Å². The second-order valence-electron chi connectivity index (χ2n) is 6.04. The average molecular weight is 314 g/mol. The largest absolute Gasteiger partial charge is 0.454 e. The number of fused-ring (bicyclic) bond motifs is 1. The summed E-state index contributed by atoms with van der Waals surface area (Å²) >= 11 is 1.71. The zero-order chi connectivity index (χ0) is 14.9. The molecule has 21 heavy (non-hydrogen) atoms. The predicted molar refractivity (Wildman–Crippen MR) is 91.6 cm³/mol. The number of ether oxygens (including phenoxy) is 2. The third-order valence-electron chi connectivity index (χ3n) is 3.34. The van der Waals surface area contributed by atoms with Crippen LogP contribution in [0, 0.1) is 0 Å². The van der Waals surface area contributed by atoms with Crippen molar-refractivity contribution in [2.24, 2.45) is 0 Å². The van der Waals surface area contributed by atoms with Crippen molar-refractivity contribution in [3.8, 4) is 11.5 Å². The van der Waals surface area contributed by atoms with E-state index in [1.165, 1.54) is 16.3 Å². The Morgan fingerprint density at radius 2 is 2.00 bits per heavy atom. The fourth-order valence-corrected chi connectivity index (χ4v) is 4.44. The number of benzene rings is 1. The monoisotopic (exact) mass is 314 g/mol. The van der Waals surface area contributed by atoms with Crippen LogP contribution in [0.4, 0.5) is 0 Å². The van der Waals surface area contributed by atoms with Gasteiger partial charge in [0.25, 0.3) is 0 Å². The van der Waals surface area contributed by atoms with E-state index < -0.39 is 8.07 Å². The van der Waals surface area contributed by atoms with Crippen molar-refractivity contribution in [2.75, 3.05) is 6.79 Å². The van der Waals surface area contributed by atoms with Crippen LogP contribution in [0.15, 0.2) is 40.8 Å². The molecule has 2 nitrogen and oxygen atoms in total. The summed E-state index contributed by atoms with van der Waals surface area (Å²) in [7, 11) is -1.51. The van der Waals surface area contributed by atoms with Crippen LogP contribution in [0.25, 0.3) is 11.3 Å². The Morgan fingerprint density at radius 1 is 1.19 bits per heavy atom. The van der Waals surface area contributed by atoms with Gasteiger partial charge in [0.1, 0.15) is 0 Å². The summed E-state index contributed by atoms with van der Waals surface area (Å²) in [5.41, 5.74) is 5.92. The molecule has 0 aliphatic carbocycles. The Bertz CT molecular complexity index is 705. The lowest BCUT2D eigenvalue weighted by atomic mass is 10.2. The van der Waals surface area contributed by atoms with Gasteiger partial charge in [0.05, 0.1) is 8.07 Å². The highest BCUT2D eigenvalue weighted by molar-refractivity contribution is 7.08. The molecule has 0 bridgehead atoms. The zero-order valence-corrected chi connectivity index (χ0v) is 14.3. The van der Waals surface area contributed by atoms with E-state index >= 15 is 0 Å². The summed E-state index contributed by atoms with van der Waals surface area (Å²) in [6.45, 7) is 7.32. The normalized spacial score (nSPS) is 12.9. The van der Waals surface area contributed by atoms with Crippen LogP contribution in [0.1, 0.15) is 11.1 Å². The van der Waals surface area contributed by atoms with Crippen LogP contribution in [0.3, 0.4) is 0 Å². The average Bonchev–Trinajstić information content (AvgIpc) is 3.07. The van der Waals surface area contributed by atoms with Gasteiger partial charge in [0.2, 0.25) is 6.79 Å². The third kappa shape index (κ3) is 3.13. The zero-order valence-electron chi connectivity index (χ0n) is 12.5. The molecular formula is C17H18O2SSi. The van der Waals surface area contributed by atoms with Crippen molar-refractivity contribution in [1.29, 1.82) is 0 Å². The molecule has 0 saturated heterocycles. The molecule has 1 aliphatic heterocycles. The molecule has 0 N–H and O–H groups in total. The van der Waals surface area contributed by atoms with Gasteiger partial charge in [0, 0.05) is 0 Å². The Balaban J connectivity index is 2.06. The number of hydrogen-bond donors (Lipinski definition) is 0. The lowest BCUT2D eigenvalue weighted by Gasteiger charge is -2.19. The first-order chi connectivity index (χ1) is 10.0. The third-order valence-corrected chi connectivity index (χ3v) is 5.97. The number of thiophene rings is 1. The summed E-state index contributed by atoms with van der Waals surface area (Å²) in [6, 6.07) is 8.28. The molecular weight excluding hydrogens is 296 g/mol. The summed E-state index contributed by atoms with van der Waals surface area (Å²) < 4.78 is 10.9. The highest BCUT2D eigenvalue weighted by atomic mass is 32.1. The summed E-state index contributed by atoms with van der Waals surface area (Å²) in [4.78, 5) is 0. The highest BCUT2D eigenvalue weighted by Gasteiger charge is 2.23. The van der Waals surface area contributed by atoms with Crippen LogP contribution in [-0.4, -0.2) is 14.9 Å². The first-order valence-corrected chi connectivity index (χ1v) is 11.4. The van der Waals surface area contributed by atoms with Gasteiger partial charge in [-0.1, -0.05) is 25.7 Å². The van der Waals surface area contributed by atoms with E-state index in [1.807, 2.05) is 6.07 Å². The predicted octanol–water partition coefficient (Wildman–Crippen LogP) is 5.05. The first-order valence-electron chi connectivity index (χ1n) is 6.93. The Hall–Kier alpha value is -1.74. The van der Waals surface area contributed by atoms with E-state index in [-0.39, 0.29) is 0 Å². The van der Waals surface area contributed by atoms with Crippen LogP contribution >= 0.6 is 11.3 Å². The van der Waals surface area contributed by atoms with Crippen LogP contribution in [0.2, 0.25) is 19.6 Å². The second-order valence-corrected chi connectivity index (χ2v) is 11.8. The summed E-state index contributed by atoms with van der Waals surface area (Å²) in [5, 5.41) is 5.52. The molecule has 0 amide bonds. The van der Waals surface area contributed by atoms with E-state index in [4.69, 9.17) is 9.47 Å². The first kappa shape index (κ1) is 14.2. The molecule has 1 aromatic heterocycles. The minimum absolute atomic E-state index is 0.315. The minimum Gasteiger partial charge on any atom is -0.454 e. The molecule has 3 rings (SSSR count). The van der Waals surface area contributed by atoms with E-state index in [0.717, 1.165) is 11.5 Å². The molecule has 0 fully saturated rings. The standard InChI is InChI=1S/C17H18O2SSi/c1-21(2,3)17(7-4-13-8-9-20-11-13)14-5-6-15-16(10-14)19-12-18-15/h4-6,8-11H,12H2,1-3H3. The van der Waals surface area contributed by atoms with E-state index in [0.29, 0.717) is 6.79 Å². The molecule has 0 spiro atoms. The van der Waals surface area contributed by atoms with Gasteiger partial charge in [0.15, 0.2) is 11.5 Å². The molecule has 2 aromatic rings. The molecule has 2 heterocycles. The van der Waals surface area contributed by atoms with Gasteiger partial charge in [-0.05, 0) is 51.4 Å². The van der Waals surface area contributed by atoms with E-state index in [9.17, 15) is 0 Å². The van der Waals surface area contributed by atoms with E-state index in [2.05, 4.69) is 60.4 Å². The summed E-state index contributed by atoms with van der Waals surface area (Å²) in [5.74, 6) is 1.66. The maximum atomic E-state index is 5.50. The lowest BCUT2D eigenvalue weighted by molar-refractivity contribution is 0.174. The minimum atomic E-state index is -1.51. The molecule has 1 aromatic carbocycles. The molecule has 0 radical (unpaired) electrons. The van der Waals surface area contributed by atoms with Gasteiger partial charge in [-0.25, -0.2) is 0 Å². The Kier molecular flexibility index (Phi) is 3.76. The molecule has 1 aliphatic rings. The smallest absolute Gasteiger partial charge is 0.231 e. The molecule has 0 atom stereocenters. The van der Waals surface area contributed by atoms with E-state index in [1.54, 1.807) is 11.3 Å². The quantitative estimate of drug-likeness (QED) is 0.583. The molecule has 0 unspecified atom stereocenters. The number of rotatable bonds is 3. The van der Waals surface area contributed by atoms with Gasteiger partial charge in [-0.3, -0.25) is 0 Å². The fourth-order valence-electron chi connectivity index (χ4n) is 2.30. The number of hydrogen-bond acceptors (Lipinski definition) is 3. The molecule has 4 heteroatoms. The summed E-state index contributed by atoms with van der Waals surface area (Å²) in [6.07, 6.45) is 2.08. The second kappa shape index (κ2) is 5.56. The maximum absolute atomic E-state index is 5.50. The SMILES string of the molecule is C[Si](C)(C)C(=C=Cc1ccsc1)c1ccc2c(c1)OCO2. The van der Waals surface area contributed by atoms with Crippen molar-refractivity contribution in [3.63, 3.8) is 0 Å². The lowest BCUT2D eigenvalue weighted by Crippen LogP contribution is -2.22. The van der Waals surface area contributed by atoms with Crippen LogP contribution in [-0.2, 0) is 0 Å². The van der Waals surface area contributed by atoms with Gasteiger partial charge in [-0.15, -0.1) is 5.73 Å². The highest BCUT2D eigenvalue weighted by Crippen LogP contribution is 2.36. The van der Waals surface area contributed by atoms with Crippen molar-refractivity contribution >= 4 is 30.7 Å². The van der Waals surface area contributed by atoms with Crippen molar-refractivity contribution in [1.82, 2.24) is 0 Å². The fraction of sp³-hybridized carbons (Fsp3) is 0.235. The van der Waals surface area contributed by atoms with Crippen LogP contribution < -0.4 is 9.47 Å². The van der Waals surface area contributed by atoms with Gasteiger partial charge < -0.3 is 9.47 Å². The van der Waals surface area contributed by atoms with Gasteiger partial charge >= 0.3 is 0 Å². The van der Waals surface area contributed by atoms with Crippen molar-refractivity contribution < 1.29 is 9.47 Å². The maximum Gasteiger partial charge on any atom is 0.231 e. The molecule has 0 saturated carbocycles. The Morgan fingerprint density at radius 3 is 2.71 bits per heavy atom.